The number of unbranched alkanes of at least 4 members (excludes halogenated alkanes) is 8. The number of phenols is 2. The van der Waals surface area contributed by atoms with Gasteiger partial charge in [-0.05, 0) is 30.5 Å². The van der Waals surface area contributed by atoms with E-state index in [2.05, 4.69) is 12.2 Å². The molecular formula is C24H37NO7. The summed E-state index contributed by atoms with van der Waals surface area (Å²) in [6.45, 7) is 1.75. The van der Waals surface area contributed by atoms with Crippen molar-refractivity contribution in [1.82, 2.24) is 5.32 Å². The highest BCUT2D eigenvalue weighted by atomic mass is 16.5. The number of carboxylic acids is 1. The van der Waals surface area contributed by atoms with Crippen molar-refractivity contribution >= 4 is 17.8 Å². The molecule has 1 aromatic rings. The smallest absolute Gasteiger partial charge is 0.329 e. The SMILES string of the molecule is CCCCCCCCCCCC(=O)N[C@@H](COC(=O)CCc1ccc(O)c(O)c1)C(=O)O. The number of benzene rings is 1. The summed E-state index contributed by atoms with van der Waals surface area (Å²) in [7, 11) is 0. The van der Waals surface area contributed by atoms with Gasteiger partial charge in [0.15, 0.2) is 17.5 Å². The molecule has 0 spiro atoms. The lowest BCUT2D eigenvalue weighted by molar-refractivity contribution is -0.150. The Hall–Kier alpha value is -2.77. The lowest BCUT2D eigenvalue weighted by Gasteiger charge is -2.15. The van der Waals surface area contributed by atoms with Gasteiger partial charge in [0.2, 0.25) is 5.91 Å². The third-order valence-electron chi connectivity index (χ3n) is 5.21. The molecule has 0 saturated carbocycles. The molecule has 8 nitrogen and oxygen atoms in total. The van der Waals surface area contributed by atoms with Crippen LogP contribution in [0.4, 0.5) is 0 Å². The van der Waals surface area contributed by atoms with E-state index in [0.717, 1.165) is 19.3 Å². The number of esters is 1. The molecule has 1 atom stereocenters. The normalized spacial score (nSPS) is 11.7. The number of nitrogens with one attached hydrogen (secondary N) is 1. The molecule has 0 aliphatic heterocycles. The Kier molecular flexibility index (Phi) is 13.6. The van der Waals surface area contributed by atoms with Crippen LogP contribution in [0.15, 0.2) is 18.2 Å². The van der Waals surface area contributed by atoms with Crippen molar-refractivity contribution in [2.24, 2.45) is 0 Å². The Labute approximate surface area is 190 Å². The number of carboxylic acid groups (broad SMARTS) is 1. The van der Waals surface area contributed by atoms with Crippen molar-refractivity contribution in [3.8, 4) is 11.5 Å². The first-order chi connectivity index (χ1) is 15.3. The minimum Gasteiger partial charge on any atom is -0.504 e. The minimum atomic E-state index is -1.29. The predicted octanol–water partition coefficient (Wildman–Crippen LogP) is 4.06. The summed E-state index contributed by atoms with van der Waals surface area (Å²) in [4.78, 5) is 35.3. The molecule has 0 aromatic heterocycles. The number of aryl methyl sites for hydroxylation is 1. The third-order valence-corrected chi connectivity index (χ3v) is 5.21. The zero-order valence-corrected chi connectivity index (χ0v) is 19.0. The zero-order valence-electron chi connectivity index (χ0n) is 19.0. The number of carbonyl (C=O) groups is 3. The second-order valence-electron chi connectivity index (χ2n) is 8.04. The first-order valence-electron chi connectivity index (χ1n) is 11.5. The molecule has 0 saturated heterocycles. The summed E-state index contributed by atoms with van der Waals surface area (Å²) in [5.74, 6) is -2.77. The van der Waals surface area contributed by atoms with Crippen molar-refractivity contribution in [3.05, 3.63) is 23.8 Å². The monoisotopic (exact) mass is 451 g/mol. The van der Waals surface area contributed by atoms with Crippen LogP contribution in [0.5, 0.6) is 11.5 Å². The Bertz CT molecular complexity index is 720. The molecule has 0 aliphatic carbocycles. The molecule has 0 aliphatic rings. The third kappa shape index (κ3) is 12.2. The van der Waals surface area contributed by atoms with Crippen LogP contribution < -0.4 is 5.32 Å². The molecule has 0 unspecified atom stereocenters. The summed E-state index contributed by atoms with van der Waals surface area (Å²) >= 11 is 0. The number of hydrogen-bond donors (Lipinski definition) is 4. The van der Waals surface area contributed by atoms with E-state index in [-0.39, 0.29) is 36.7 Å². The molecule has 1 amide bonds. The second kappa shape index (κ2) is 15.9. The zero-order chi connectivity index (χ0) is 23.8. The maximum atomic E-state index is 12.0. The van der Waals surface area contributed by atoms with Gasteiger partial charge in [-0.3, -0.25) is 9.59 Å². The lowest BCUT2D eigenvalue weighted by atomic mass is 10.1. The number of ether oxygens (including phenoxy) is 1. The summed E-state index contributed by atoms with van der Waals surface area (Å²) in [5.41, 5.74) is 0.626. The van der Waals surface area contributed by atoms with Crippen molar-refractivity contribution in [3.63, 3.8) is 0 Å². The van der Waals surface area contributed by atoms with Gasteiger partial charge in [-0.1, -0.05) is 64.4 Å². The van der Waals surface area contributed by atoms with Gasteiger partial charge in [-0.25, -0.2) is 4.79 Å². The van der Waals surface area contributed by atoms with Gasteiger partial charge in [-0.2, -0.15) is 0 Å². The fourth-order valence-corrected chi connectivity index (χ4v) is 3.26. The van der Waals surface area contributed by atoms with Crippen molar-refractivity contribution < 1.29 is 34.4 Å². The first kappa shape index (κ1) is 27.3. The molecule has 180 valence electrons. The largest absolute Gasteiger partial charge is 0.504 e. The number of amides is 1. The highest BCUT2D eigenvalue weighted by Crippen LogP contribution is 2.25. The predicted molar refractivity (Wildman–Crippen MR) is 120 cm³/mol. The van der Waals surface area contributed by atoms with Crippen LogP contribution in [0.2, 0.25) is 0 Å². The van der Waals surface area contributed by atoms with Crippen molar-refractivity contribution in [2.75, 3.05) is 6.61 Å². The van der Waals surface area contributed by atoms with Gasteiger partial charge < -0.3 is 25.4 Å². The van der Waals surface area contributed by atoms with E-state index in [1.54, 1.807) is 6.07 Å². The van der Waals surface area contributed by atoms with E-state index in [1.807, 2.05) is 0 Å². The fourth-order valence-electron chi connectivity index (χ4n) is 3.26. The first-order valence-corrected chi connectivity index (χ1v) is 11.5. The molecule has 0 radical (unpaired) electrons. The highest BCUT2D eigenvalue weighted by Gasteiger charge is 2.21. The molecule has 0 fully saturated rings. The van der Waals surface area contributed by atoms with E-state index < -0.39 is 24.6 Å². The van der Waals surface area contributed by atoms with E-state index in [9.17, 15) is 29.7 Å². The Balaban J connectivity index is 2.22. The summed E-state index contributed by atoms with van der Waals surface area (Å²) in [6.07, 6.45) is 10.6. The van der Waals surface area contributed by atoms with Crippen LogP contribution in [0.25, 0.3) is 0 Å². The number of rotatable bonds is 17. The molecule has 1 rings (SSSR count). The second-order valence-corrected chi connectivity index (χ2v) is 8.04. The van der Waals surface area contributed by atoms with Crippen molar-refractivity contribution in [2.45, 2.75) is 90.0 Å². The quantitative estimate of drug-likeness (QED) is 0.159. The van der Waals surface area contributed by atoms with Gasteiger partial charge in [0, 0.05) is 12.8 Å². The van der Waals surface area contributed by atoms with Crippen LogP contribution in [0, 0.1) is 0 Å². The topological polar surface area (TPSA) is 133 Å². The Morgan fingerprint density at radius 1 is 0.906 bits per heavy atom. The van der Waals surface area contributed by atoms with Gasteiger partial charge in [-0.15, -0.1) is 0 Å². The van der Waals surface area contributed by atoms with Crippen LogP contribution in [0.3, 0.4) is 0 Å². The van der Waals surface area contributed by atoms with Gasteiger partial charge in [0.05, 0.1) is 0 Å². The average Bonchev–Trinajstić information content (AvgIpc) is 2.76. The molecule has 1 aromatic carbocycles. The van der Waals surface area contributed by atoms with Crippen LogP contribution >= 0.6 is 0 Å². The fraction of sp³-hybridized carbons (Fsp3) is 0.625. The van der Waals surface area contributed by atoms with E-state index in [4.69, 9.17) is 4.74 Å². The highest BCUT2D eigenvalue weighted by molar-refractivity contribution is 5.83. The van der Waals surface area contributed by atoms with E-state index in [1.165, 1.54) is 44.2 Å². The Morgan fingerprint density at radius 3 is 2.12 bits per heavy atom. The van der Waals surface area contributed by atoms with Crippen LogP contribution in [-0.4, -0.2) is 45.8 Å². The van der Waals surface area contributed by atoms with Gasteiger partial charge in [0.25, 0.3) is 0 Å². The van der Waals surface area contributed by atoms with Gasteiger partial charge in [0.1, 0.15) is 6.61 Å². The number of phenolic OH excluding ortho intramolecular Hbond substituents is 2. The molecular weight excluding hydrogens is 414 g/mol. The minimum absolute atomic E-state index is 0.0249. The maximum absolute atomic E-state index is 12.0. The van der Waals surface area contributed by atoms with E-state index in [0.29, 0.717) is 12.0 Å². The summed E-state index contributed by atoms with van der Waals surface area (Å²) in [5, 5.41) is 30.4. The van der Waals surface area contributed by atoms with Crippen LogP contribution in [0.1, 0.15) is 83.1 Å². The number of carbonyl (C=O) groups excluding carboxylic acids is 2. The van der Waals surface area contributed by atoms with E-state index >= 15 is 0 Å². The summed E-state index contributed by atoms with van der Waals surface area (Å²) < 4.78 is 4.99. The molecule has 0 bridgehead atoms. The van der Waals surface area contributed by atoms with Crippen LogP contribution in [-0.2, 0) is 25.5 Å². The average molecular weight is 452 g/mol. The lowest BCUT2D eigenvalue weighted by Crippen LogP contribution is -2.44. The maximum Gasteiger partial charge on any atom is 0.329 e. The molecule has 0 heterocycles. The number of hydrogen-bond acceptors (Lipinski definition) is 6. The number of aliphatic carboxylic acids is 1. The summed E-state index contributed by atoms with van der Waals surface area (Å²) in [6, 6.07) is 2.94. The van der Waals surface area contributed by atoms with Crippen molar-refractivity contribution in [1.29, 1.82) is 0 Å². The Morgan fingerprint density at radius 2 is 1.53 bits per heavy atom. The molecule has 8 heteroatoms. The molecule has 4 N–H and O–H groups in total. The van der Waals surface area contributed by atoms with Gasteiger partial charge >= 0.3 is 11.9 Å². The number of aromatic hydroxyl groups is 2. The standard InChI is InChI=1S/C24H37NO7/c1-2-3-4-5-6-7-8-9-10-11-22(28)25-19(24(30)31)17-32-23(29)15-13-18-12-14-20(26)21(27)16-18/h12,14,16,19,26-27H,2-11,13,15,17H2,1H3,(H,25,28)(H,30,31)/t19-/m0/s1. The molecule has 32 heavy (non-hydrogen) atoms.